The zero-order valence-electron chi connectivity index (χ0n) is 14.9. The second-order valence-corrected chi connectivity index (χ2v) is 6.84. The number of carbonyl (C=O) groups excluding carboxylic acids is 2. The smallest absolute Gasteiger partial charge is 0.331 e. The number of ether oxygens (including phenoxy) is 1. The summed E-state index contributed by atoms with van der Waals surface area (Å²) in [5.74, 6) is -0.584. The maximum atomic E-state index is 12.7. The Bertz CT molecular complexity index is 676. The molecule has 0 atom stereocenters. The van der Waals surface area contributed by atoms with Crippen LogP contribution in [0.15, 0.2) is 29.4 Å². The fourth-order valence-corrected chi connectivity index (χ4v) is 3.57. The number of rotatable bonds is 4. The summed E-state index contributed by atoms with van der Waals surface area (Å²) in [6.45, 7) is 2.88. The predicted molar refractivity (Wildman–Crippen MR) is 96.8 cm³/mol. The van der Waals surface area contributed by atoms with Crippen molar-refractivity contribution >= 4 is 23.3 Å². The molecule has 6 nitrogen and oxygen atoms in total. The summed E-state index contributed by atoms with van der Waals surface area (Å²) in [7, 11) is 1.37. The first kappa shape index (κ1) is 17.5. The van der Waals surface area contributed by atoms with E-state index in [-0.39, 0.29) is 11.9 Å². The first-order chi connectivity index (χ1) is 12.0. The molecule has 1 aromatic rings. The number of methoxy groups -OCH3 is 1. The van der Waals surface area contributed by atoms with Gasteiger partial charge in [0.15, 0.2) is 0 Å². The predicted octanol–water partition coefficient (Wildman–Crippen LogP) is 2.88. The molecule has 1 aliphatic carbocycles. The lowest BCUT2D eigenvalue weighted by molar-refractivity contribution is -0.149. The molecule has 6 heteroatoms. The maximum absolute atomic E-state index is 12.7. The van der Waals surface area contributed by atoms with Crippen LogP contribution in [0, 0.1) is 0 Å². The number of amides is 1. The summed E-state index contributed by atoms with van der Waals surface area (Å²) >= 11 is 0. The molecule has 0 radical (unpaired) electrons. The number of hydrogen-bond acceptors (Lipinski definition) is 5. The van der Waals surface area contributed by atoms with Crippen LogP contribution in [0.5, 0.6) is 0 Å². The van der Waals surface area contributed by atoms with Gasteiger partial charge in [-0.05, 0) is 44.0 Å². The molecule has 1 N–H and O–H groups in total. The molecule has 1 heterocycles. The van der Waals surface area contributed by atoms with Crippen LogP contribution in [0.1, 0.15) is 55.8 Å². The Kier molecular flexibility index (Phi) is 5.06. The second-order valence-electron chi connectivity index (χ2n) is 6.84. The Balaban J connectivity index is 1.72. The fourth-order valence-electron chi connectivity index (χ4n) is 3.57. The number of nitrogens with zero attached hydrogens (tertiary/aromatic N) is 2. The maximum Gasteiger partial charge on any atom is 0.331 e. The molecule has 2 aliphatic rings. The molecule has 1 amide bonds. The van der Waals surface area contributed by atoms with Crippen molar-refractivity contribution in [2.75, 3.05) is 18.7 Å². The highest BCUT2D eigenvalue weighted by Crippen LogP contribution is 2.30. The van der Waals surface area contributed by atoms with Crippen LogP contribution in [0.4, 0.5) is 5.69 Å². The average molecular weight is 343 g/mol. The van der Waals surface area contributed by atoms with Gasteiger partial charge in [-0.3, -0.25) is 9.80 Å². The van der Waals surface area contributed by atoms with Crippen molar-refractivity contribution in [3.63, 3.8) is 0 Å². The molecule has 0 saturated heterocycles. The van der Waals surface area contributed by atoms with Crippen molar-refractivity contribution in [3.8, 4) is 0 Å². The van der Waals surface area contributed by atoms with Gasteiger partial charge in [-0.2, -0.15) is 5.10 Å². The minimum atomic E-state index is -0.890. The molecular formula is C19H25N3O3. The number of esters is 1. The summed E-state index contributed by atoms with van der Waals surface area (Å²) in [5, 5.41) is 9.34. The third-order valence-electron chi connectivity index (χ3n) is 5.04. The van der Waals surface area contributed by atoms with Crippen LogP contribution in [-0.2, 0) is 9.53 Å². The zero-order valence-corrected chi connectivity index (χ0v) is 14.9. The van der Waals surface area contributed by atoms with Crippen molar-refractivity contribution < 1.29 is 14.3 Å². The van der Waals surface area contributed by atoms with Gasteiger partial charge < -0.3 is 10.1 Å². The Hall–Kier alpha value is -2.37. The first-order valence-corrected chi connectivity index (χ1v) is 8.87. The summed E-state index contributed by atoms with van der Waals surface area (Å²) in [6, 6.07) is 7.34. The average Bonchev–Trinajstić information content (AvgIpc) is 3.08. The molecule has 1 saturated carbocycles. The molecule has 134 valence electrons. The van der Waals surface area contributed by atoms with E-state index in [9.17, 15) is 9.59 Å². The number of anilines is 1. The SMILES string of the molecule is COC(=O)C1(NC(=O)c2ccc(N3CCC(C)=N3)cc2)CCCCC1. The molecule has 0 bridgehead atoms. The molecule has 1 aromatic carbocycles. The lowest BCUT2D eigenvalue weighted by atomic mass is 9.81. The van der Waals surface area contributed by atoms with Gasteiger partial charge in [0.1, 0.15) is 5.54 Å². The number of benzene rings is 1. The third-order valence-corrected chi connectivity index (χ3v) is 5.04. The zero-order chi connectivity index (χ0) is 17.9. The van der Waals surface area contributed by atoms with E-state index >= 15 is 0 Å². The van der Waals surface area contributed by atoms with E-state index in [1.807, 2.05) is 24.1 Å². The standard InChI is InChI=1S/C19H25N3O3/c1-14-10-13-22(21-14)16-8-6-15(7-9-16)17(23)20-19(18(24)25-2)11-4-3-5-12-19/h6-9H,3-5,10-13H2,1-2H3,(H,20,23). The highest BCUT2D eigenvalue weighted by atomic mass is 16.5. The molecule has 1 fully saturated rings. The lowest BCUT2D eigenvalue weighted by Crippen LogP contribution is -2.56. The van der Waals surface area contributed by atoms with Crippen LogP contribution in [0.3, 0.4) is 0 Å². The summed E-state index contributed by atoms with van der Waals surface area (Å²) in [6.07, 6.45) is 5.14. The van der Waals surface area contributed by atoms with E-state index in [1.165, 1.54) is 7.11 Å². The van der Waals surface area contributed by atoms with E-state index in [1.54, 1.807) is 12.1 Å². The molecular weight excluding hydrogens is 318 g/mol. The van der Waals surface area contributed by atoms with Crippen molar-refractivity contribution in [1.29, 1.82) is 0 Å². The van der Waals surface area contributed by atoms with Crippen LogP contribution < -0.4 is 10.3 Å². The van der Waals surface area contributed by atoms with Crippen LogP contribution in [-0.4, -0.2) is 36.8 Å². The Morgan fingerprint density at radius 1 is 1.16 bits per heavy atom. The Morgan fingerprint density at radius 3 is 2.40 bits per heavy atom. The summed E-state index contributed by atoms with van der Waals surface area (Å²) < 4.78 is 4.95. The van der Waals surface area contributed by atoms with E-state index in [2.05, 4.69) is 10.4 Å². The van der Waals surface area contributed by atoms with Gasteiger partial charge >= 0.3 is 5.97 Å². The third kappa shape index (κ3) is 3.67. The first-order valence-electron chi connectivity index (χ1n) is 8.87. The van der Waals surface area contributed by atoms with Crippen molar-refractivity contribution in [2.45, 2.75) is 51.0 Å². The molecule has 25 heavy (non-hydrogen) atoms. The van der Waals surface area contributed by atoms with Gasteiger partial charge in [-0.1, -0.05) is 19.3 Å². The Labute approximate surface area is 148 Å². The molecule has 1 aliphatic heterocycles. The normalized spacial score (nSPS) is 19.3. The van der Waals surface area contributed by atoms with Gasteiger partial charge in [-0.15, -0.1) is 0 Å². The van der Waals surface area contributed by atoms with Crippen LogP contribution in [0.25, 0.3) is 0 Å². The van der Waals surface area contributed by atoms with E-state index in [4.69, 9.17) is 4.74 Å². The van der Waals surface area contributed by atoms with Gasteiger partial charge in [0.05, 0.1) is 12.8 Å². The number of hydrogen-bond donors (Lipinski definition) is 1. The topological polar surface area (TPSA) is 71.0 Å². The largest absolute Gasteiger partial charge is 0.467 e. The van der Waals surface area contributed by atoms with Crippen LogP contribution >= 0.6 is 0 Å². The highest BCUT2D eigenvalue weighted by molar-refractivity contribution is 5.98. The molecule has 0 spiro atoms. The van der Waals surface area contributed by atoms with E-state index < -0.39 is 5.54 Å². The fraction of sp³-hybridized carbons (Fsp3) is 0.526. The van der Waals surface area contributed by atoms with E-state index in [0.29, 0.717) is 18.4 Å². The van der Waals surface area contributed by atoms with E-state index in [0.717, 1.165) is 43.6 Å². The minimum Gasteiger partial charge on any atom is -0.467 e. The van der Waals surface area contributed by atoms with Crippen molar-refractivity contribution in [3.05, 3.63) is 29.8 Å². The van der Waals surface area contributed by atoms with Crippen LogP contribution in [0.2, 0.25) is 0 Å². The summed E-state index contributed by atoms with van der Waals surface area (Å²) in [5.41, 5.74) is 1.73. The van der Waals surface area contributed by atoms with Gasteiger partial charge in [-0.25, -0.2) is 4.79 Å². The molecule has 0 unspecified atom stereocenters. The minimum absolute atomic E-state index is 0.236. The second kappa shape index (κ2) is 7.25. The number of nitrogens with one attached hydrogen (secondary N) is 1. The van der Waals surface area contributed by atoms with Gasteiger partial charge in [0.2, 0.25) is 0 Å². The quantitative estimate of drug-likeness (QED) is 0.854. The highest BCUT2D eigenvalue weighted by Gasteiger charge is 2.42. The molecule has 3 rings (SSSR count). The summed E-state index contributed by atoms with van der Waals surface area (Å²) in [4.78, 5) is 24.9. The van der Waals surface area contributed by atoms with Gasteiger partial charge in [0.25, 0.3) is 5.91 Å². The number of hydrazone groups is 1. The van der Waals surface area contributed by atoms with Crippen molar-refractivity contribution in [1.82, 2.24) is 5.32 Å². The lowest BCUT2D eigenvalue weighted by Gasteiger charge is -2.35. The molecule has 0 aromatic heterocycles. The van der Waals surface area contributed by atoms with Crippen molar-refractivity contribution in [2.24, 2.45) is 5.10 Å². The Morgan fingerprint density at radius 2 is 1.84 bits per heavy atom. The monoisotopic (exact) mass is 343 g/mol. The van der Waals surface area contributed by atoms with Gasteiger partial charge in [0, 0.05) is 24.2 Å². The number of carbonyl (C=O) groups is 2.